The molecule has 18 heavy (non-hydrogen) atoms. The lowest BCUT2D eigenvalue weighted by Gasteiger charge is -2.05. The Hall–Kier alpha value is -1.05. The third kappa shape index (κ3) is 6.04. The Labute approximate surface area is 114 Å². The van der Waals surface area contributed by atoms with Crippen LogP contribution < -0.4 is 5.32 Å². The maximum Gasteiger partial charge on any atom is 0.144 e. The molecule has 3 nitrogen and oxygen atoms in total. The molecule has 0 unspecified atom stereocenters. The van der Waals surface area contributed by atoms with Gasteiger partial charge in [-0.15, -0.1) is 0 Å². The van der Waals surface area contributed by atoms with Gasteiger partial charge in [-0.25, -0.2) is 4.98 Å². The second kappa shape index (κ2) is 9.93. The minimum absolute atomic E-state index is 0.532. The molecule has 1 heterocycles. The number of unbranched alkanes of at least 4 members (excludes halogenated alkanes) is 3. The first-order valence-electron chi connectivity index (χ1n) is 6.42. The Bertz CT molecular complexity index is 374. The summed E-state index contributed by atoms with van der Waals surface area (Å²) in [7, 11) is 0. The maximum atomic E-state index is 8.90. The first-order chi connectivity index (χ1) is 8.88. The number of nitriles is 1. The smallest absolute Gasteiger partial charge is 0.144 e. The minimum Gasteiger partial charge on any atom is -0.313 e. The quantitative estimate of drug-likeness (QED) is 0.696. The predicted octanol–water partition coefficient (Wildman–Crippen LogP) is 2.97. The Morgan fingerprint density at radius 3 is 2.94 bits per heavy atom. The Morgan fingerprint density at radius 2 is 2.17 bits per heavy atom. The Morgan fingerprint density at radius 1 is 1.33 bits per heavy atom. The lowest BCUT2D eigenvalue weighted by molar-refractivity contribution is 0.598. The number of hydrogen-bond donors (Lipinski definition) is 1. The summed E-state index contributed by atoms with van der Waals surface area (Å²) in [6.07, 6.45) is 8.94. The molecule has 4 heteroatoms. The summed E-state index contributed by atoms with van der Waals surface area (Å²) in [5.41, 5.74) is 1.52. The van der Waals surface area contributed by atoms with Crippen LogP contribution in [0.15, 0.2) is 18.3 Å². The normalized spacial score (nSPS) is 10.2. The van der Waals surface area contributed by atoms with Gasteiger partial charge in [-0.3, -0.25) is 0 Å². The van der Waals surface area contributed by atoms with Gasteiger partial charge in [-0.1, -0.05) is 18.9 Å². The molecule has 0 spiro atoms. The van der Waals surface area contributed by atoms with Crippen LogP contribution in [-0.2, 0) is 6.54 Å². The Kier molecular flexibility index (Phi) is 8.28. The van der Waals surface area contributed by atoms with Gasteiger partial charge in [0.2, 0.25) is 0 Å². The second-order valence-corrected chi connectivity index (χ2v) is 5.19. The van der Waals surface area contributed by atoms with E-state index in [1.807, 2.05) is 23.9 Å². The van der Waals surface area contributed by atoms with Gasteiger partial charge in [-0.05, 0) is 37.5 Å². The molecule has 1 aromatic heterocycles. The van der Waals surface area contributed by atoms with Crippen LogP contribution in [0, 0.1) is 11.3 Å². The van der Waals surface area contributed by atoms with E-state index in [1.54, 1.807) is 6.20 Å². The molecule has 0 saturated carbocycles. The van der Waals surface area contributed by atoms with Gasteiger partial charge < -0.3 is 5.32 Å². The zero-order valence-electron chi connectivity index (χ0n) is 11.0. The van der Waals surface area contributed by atoms with Gasteiger partial charge in [0.1, 0.15) is 11.8 Å². The first-order valence-corrected chi connectivity index (χ1v) is 7.81. The molecule has 0 fully saturated rings. The highest BCUT2D eigenvalue weighted by Gasteiger charge is 2.00. The van der Waals surface area contributed by atoms with E-state index in [4.69, 9.17) is 5.26 Å². The van der Waals surface area contributed by atoms with Gasteiger partial charge in [0.15, 0.2) is 0 Å². The summed E-state index contributed by atoms with van der Waals surface area (Å²) in [4.78, 5) is 4.04. The maximum absolute atomic E-state index is 8.90. The van der Waals surface area contributed by atoms with Crippen LogP contribution in [0.2, 0.25) is 0 Å². The fourth-order valence-corrected chi connectivity index (χ4v) is 2.25. The molecule has 1 N–H and O–H groups in total. The molecule has 0 radical (unpaired) electrons. The lowest BCUT2D eigenvalue weighted by atomic mass is 10.2. The topological polar surface area (TPSA) is 48.7 Å². The number of rotatable bonds is 9. The molecule has 98 valence electrons. The zero-order chi connectivity index (χ0) is 13.1. The van der Waals surface area contributed by atoms with Gasteiger partial charge in [0.05, 0.1) is 0 Å². The van der Waals surface area contributed by atoms with Crippen molar-refractivity contribution in [3.63, 3.8) is 0 Å². The van der Waals surface area contributed by atoms with Gasteiger partial charge in [0.25, 0.3) is 0 Å². The van der Waals surface area contributed by atoms with E-state index in [0.717, 1.165) is 18.7 Å². The van der Waals surface area contributed by atoms with Crippen LogP contribution in [-0.4, -0.2) is 23.5 Å². The fourth-order valence-electron chi connectivity index (χ4n) is 1.75. The monoisotopic (exact) mass is 263 g/mol. The number of pyridine rings is 1. The summed E-state index contributed by atoms with van der Waals surface area (Å²) in [6.45, 7) is 1.75. The van der Waals surface area contributed by atoms with E-state index in [2.05, 4.69) is 22.6 Å². The van der Waals surface area contributed by atoms with E-state index in [0.29, 0.717) is 5.69 Å². The van der Waals surface area contributed by atoms with Crippen LogP contribution in [0.1, 0.15) is 36.9 Å². The summed E-state index contributed by atoms with van der Waals surface area (Å²) in [5, 5.41) is 12.3. The zero-order valence-corrected chi connectivity index (χ0v) is 11.8. The molecule has 0 aliphatic heterocycles. The van der Waals surface area contributed by atoms with Crippen LogP contribution in [0.5, 0.6) is 0 Å². The van der Waals surface area contributed by atoms with Crippen LogP contribution in [0.25, 0.3) is 0 Å². The summed E-state index contributed by atoms with van der Waals surface area (Å²) >= 11 is 1.92. The van der Waals surface area contributed by atoms with Crippen LogP contribution >= 0.6 is 11.8 Å². The molecular formula is C14H21N3S. The first kappa shape index (κ1) is 15.0. The van der Waals surface area contributed by atoms with Crippen LogP contribution in [0.3, 0.4) is 0 Å². The van der Waals surface area contributed by atoms with E-state index in [1.165, 1.54) is 31.4 Å². The van der Waals surface area contributed by atoms with Gasteiger partial charge in [0, 0.05) is 18.3 Å². The molecule has 1 aromatic rings. The van der Waals surface area contributed by atoms with Crippen molar-refractivity contribution in [3.05, 3.63) is 29.6 Å². The lowest BCUT2D eigenvalue weighted by Crippen LogP contribution is -2.15. The van der Waals surface area contributed by atoms with Crippen molar-refractivity contribution in [2.75, 3.05) is 18.6 Å². The minimum atomic E-state index is 0.532. The van der Waals surface area contributed by atoms with E-state index < -0.39 is 0 Å². The van der Waals surface area contributed by atoms with E-state index in [9.17, 15) is 0 Å². The van der Waals surface area contributed by atoms with Crippen molar-refractivity contribution in [3.8, 4) is 6.07 Å². The predicted molar refractivity (Wildman–Crippen MR) is 77.5 cm³/mol. The number of aromatic nitrogens is 1. The number of nitrogens with zero attached hydrogens (tertiary/aromatic N) is 2. The fraction of sp³-hybridized carbons (Fsp3) is 0.571. The average Bonchev–Trinajstić information content (AvgIpc) is 2.42. The highest BCUT2D eigenvalue weighted by Crippen LogP contribution is 2.05. The summed E-state index contributed by atoms with van der Waals surface area (Å²) < 4.78 is 0. The molecule has 0 amide bonds. The summed E-state index contributed by atoms with van der Waals surface area (Å²) in [6, 6.07) is 5.95. The van der Waals surface area contributed by atoms with Crippen LogP contribution in [0.4, 0.5) is 0 Å². The third-order valence-corrected chi connectivity index (χ3v) is 3.46. The van der Waals surface area contributed by atoms with Crippen molar-refractivity contribution >= 4 is 11.8 Å². The Balaban J connectivity index is 2.09. The molecule has 0 aliphatic carbocycles. The molecule has 0 bridgehead atoms. The second-order valence-electron chi connectivity index (χ2n) is 4.21. The molecule has 0 aliphatic rings. The third-order valence-electron chi connectivity index (χ3n) is 2.76. The molecule has 0 aromatic carbocycles. The standard InChI is InChI=1S/C14H21N3S/c1-18-10-5-3-2-4-8-16-12-13-7-6-9-17-14(13)11-15/h6-7,9,16H,2-5,8,10,12H2,1H3. The van der Waals surface area contributed by atoms with Crippen molar-refractivity contribution in [1.29, 1.82) is 5.26 Å². The average molecular weight is 263 g/mol. The van der Waals surface area contributed by atoms with Crippen molar-refractivity contribution in [1.82, 2.24) is 10.3 Å². The van der Waals surface area contributed by atoms with E-state index >= 15 is 0 Å². The molecular weight excluding hydrogens is 242 g/mol. The van der Waals surface area contributed by atoms with E-state index in [-0.39, 0.29) is 0 Å². The number of nitrogens with one attached hydrogen (secondary N) is 1. The highest BCUT2D eigenvalue weighted by molar-refractivity contribution is 7.98. The van der Waals surface area contributed by atoms with Gasteiger partial charge >= 0.3 is 0 Å². The summed E-state index contributed by atoms with van der Waals surface area (Å²) in [5.74, 6) is 1.27. The van der Waals surface area contributed by atoms with Crippen molar-refractivity contribution < 1.29 is 0 Å². The molecule has 0 saturated heterocycles. The highest BCUT2D eigenvalue weighted by atomic mass is 32.2. The van der Waals surface area contributed by atoms with Crippen molar-refractivity contribution in [2.45, 2.75) is 32.2 Å². The SMILES string of the molecule is CSCCCCCCNCc1cccnc1C#N. The number of thioether (sulfide) groups is 1. The molecule has 0 atom stereocenters. The molecule has 1 rings (SSSR count). The number of hydrogen-bond acceptors (Lipinski definition) is 4. The van der Waals surface area contributed by atoms with Crippen molar-refractivity contribution in [2.24, 2.45) is 0 Å². The van der Waals surface area contributed by atoms with Gasteiger partial charge in [-0.2, -0.15) is 17.0 Å². The largest absolute Gasteiger partial charge is 0.313 e.